The molecule has 1 aliphatic rings. The van der Waals surface area contributed by atoms with Crippen molar-refractivity contribution in [2.45, 2.75) is 6.92 Å². The van der Waals surface area contributed by atoms with E-state index in [0.717, 1.165) is 24.6 Å². The summed E-state index contributed by atoms with van der Waals surface area (Å²) in [6.07, 6.45) is 1.71. The van der Waals surface area contributed by atoms with Gasteiger partial charge in [-0.05, 0) is 25.1 Å². The molecule has 0 saturated carbocycles. The number of anilines is 2. The summed E-state index contributed by atoms with van der Waals surface area (Å²) in [5.41, 5.74) is 0.804. The van der Waals surface area contributed by atoms with E-state index in [1.165, 1.54) is 0 Å². The Balaban J connectivity index is 0.00000180. The first-order valence-electron chi connectivity index (χ1n) is 6.23. The lowest BCUT2D eigenvalue weighted by Gasteiger charge is -2.31. The first-order valence-corrected chi connectivity index (χ1v) is 6.23. The molecule has 1 amide bonds. The molecule has 0 bridgehead atoms. The topological polar surface area (TPSA) is 57.3 Å². The minimum Gasteiger partial charge on any atom is -0.363 e. The predicted molar refractivity (Wildman–Crippen MR) is 87.2 cm³/mol. The summed E-state index contributed by atoms with van der Waals surface area (Å²) in [5, 5.41) is 6.14. The Morgan fingerprint density at radius 3 is 2.60 bits per heavy atom. The number of nitrogens with zero attached hydrogens (tertiary/aromatic N) is 2. The summed E-state index contributed by atoms with van der Waals surface area (Å²) in [5.74, 6) is 1.42. The fraction of sp³-hybridized carbons (Fsp3) is 0.538. The van der Waals surface area contributed by atoms with E-state index in [4.69, 9.17) is 0 Å². The molecule has 0 spiro atoms. The van der Waals surface area contributed by atoms with Crippen molar-refractivity contribution in [3.8, 4) is 0 Å². The number of carbonyl (C=O) groups is 1. The molecule has 1 aromatic heterocycles. The molecule has 1 unspecified atom stereocenters. The van der Waals surface area contributed by atoms with Crippen LogP contribution in [0.3, 0.4) is 0 Å². The standard InChI is InChI=1S/C13H20N4O.2ClH/c1-9(10-7-14-8-10)13(18)16-11-4-5-15-12(6-11)17(2)3;;/h4-6,9-10,14H,7-8H2,1-3H3,(H,15,16,18);2*1H. The van der Waals surface area contributed by atoms with Crippen LogP contribution in [0.2, 0.25) is 0 Å². The highest BCUT2D eigenvalue weighted by Crippen LogP contribution is 2.19. The smallest absolute Gasteiger partial charge is 0.227 e. The summed E-state index contributed by atoms with van der Waals surface area (Å²) >= 11 is 0. The zero-order valence-corrected chi connectivity index (χ0v) is 13.6. The maximum atomic E-state index is 12.1. The zero-order chi connectivity index (χ0) is 13.1. The van der Waals surface area contributed by atoms with Crippen molar-refractivity contribution in [2.24, 2.45) is 11.8 Å². The molecule has 7 heteroatoms. The van der Waals surface area contributed by atoms with Crippen LogP contribution < -0.4 is 15.5 Å². The molecule has 2 rings (SSSR count). The van der Waals surface area contributed by atoms with Crippen molar-refractivity contribution in [1.82, 2.24) is 10.3 Å². The second kappa shape index (κ2) is 8.29. The quantitative estimate of drug-likeness (QED) is 0.888. The Morgan fingerprint density at radius 2 is 2.10 bits per heavy atom. The van der Waals surface area contributed by atoms with E-state index < -0.39 is 0 Å². The van der Waals surface area contributed by atoms with Gasteiger partial charge in [-0.25, -0.2) is 4.98 Å². The molecular weight excluding hydrogens is 299 g/mol. The fourth-order valence-electron chi connectivity index (χ4n) is 1.88. The Labute approximate surface area is 132 Å². The Hall–Kier alpha value is -1.04. The Bertz CT molecular complexity index is 438. The number of halogens is 2. The predicted octanol–water partition coefficient (Wildman–Crippen LogP) is 1.79. The van der Waals surface area contributed by atoms with E-state index in [1.807, 2.05) is 38.1 Å². The van der Waals surface area contributed by atoms with Crippen LogP contribution in [0.5, 0.6) is 0 Å². The van der Waals surface area contributed by atoms with Crippen molar-refractivity contribution < 1.29 is 4.79 Å². The molecule has 114 valence electrons. The van der Waals surface area contributed by atoms with Crippen LogP contribution in [0.1, 0.15) is 6.92 Å². The lowest BCUT2D eigenvalue weighted by Crippen LogP contribution is -2.48. The minimum absolute atomic E-state index is 0. The van der Waals surface area contributed by atoms with Crippen LogP contribution in [-0.2, 0) is 4.79 Å². The molecule has 0 aliphatic carbocycles. The van der Waals surface area contributed by atoms with Crippen LogP contribution in [0.4, 0.5) is 11.5 Å². The molecule has 5 nitrogen and oxygen atoms in total. The van der Waals surface area contributed by atoms with Gasteiger partial charge in [0.2, 0.25) is 5.91 Å². The van der Waals surface area contributed by atoms with Crippen molar-refractivity contribution in [1.29, 1.82) is 0 Å². The Kier molecular flexibility index (Phi) is 7.86. The molecule has 2 heterocycles. The fourth-order valence-corrected chi connectivity index (χ4v) is 1.88. The van der Waals surface area contributed by atoms with E-state index in [-0.39, 0.29) is 36.6 Å². The molecule has 1 aromatic rings. The number of amides is 1. The average molecular weight is 321 g/mol. The van der Waals surface area contributed by atoms with E-state index in [0.29, 0.717) is 5.92 Å². The number of hydrogen-bond acceptors (Lipinski definition) is 4. The third-order valence-corrected chi connectivity index (χ3v) is 3.40. The SMILES string of the molecule is CC(C(=O)Nc1ccnc(N(C)C)c1)C1CNC1.Cl.Cl. The largest absolute Gasteiger partial charge is 0.363 e. The highest BCUT2D eigenvalue weighted by molar-refractivity contribution is 5.92. The molecule has 1 fully saturated rings. The van der Waals surface area contributed by atoms with E-state index in [1.54, 1.807) is 6.20 Å². The van der Waals surface area contributed by atoms with Crippen molar-refractivity contribution in [3.63, 3.8) is 0 Å². The van der Waals surface area contributed by atoms with Crippen LogP contribution in [0.15, 0.2) is 18.3 Å². The maximum Gasteiger partial charge on any atom is 0.227 e. The van der Waals surface area contributed by atoms with Gasteiger partial charge >= 0.3 is 0 Å². The second-order valence-electron chi connectivity index (χ2n) is 4.99. The van der Waals surface area contributed by atoms with Gasteiger partial charge in [-0.15, -0.1) is 24.8 Å². The summed E-state index contributed by atoms with van der Waals surface area (Å²) < 4.78 is 0. The lowest BCUT2D eigenvalue weighted by molar-refractivity contribution is -0.121. The molecule has 1 saturated heterocycles. The monoisotopic (exact) mass is 320 g/mol. The number of carbonyl (C=O) groups excluding carboxylic acids is 1. The highest BCUT2D eigenvalue weighted by Gasteiger charge is 2.28. The van der Waals surface area contributed by atoms with E-state index >= 15 is 0 Å². The van der Waals surface area contributed by atoms with Crippen molar-refractivity contribution in [3.05, 3.63) is 18.3 Å². The minimum atomic E-state index is 0. The van der Waals surface area contributed by atoms with Gasteiger partial charge in [-0.2, -0.15) is 0 Å². The highest BCUT2D eigenvalue weighted by atomic mass is 35.5. The van der Waals surface area contributed by atoms with Gasteiger partial charge < -0.3 is 15.5 Å². The summed E-state index contributed by atoms with van der Waals surface area (Å²) in [4.78, 5) is 18.2. The summed E-state index contributed by atoms with van der Waals surface area (Å²) in [6, 6.07) is 3.69. The van der Waals surface area contributed by atoms with E-state index in [2.05, 4.69) is 15.6 Å². The normalized spacial score (nSPS) is 15.2. The first kappa shape index (κ1) is 19.0. The van der Waals surface area contributed by atoms with E-state index in [9.17, 15) is 4.79 Å². The number of rotatable bonds is 4. The van der Waals surface area contributed by atoms with Gasteiger partial charge in [0.05, 0.1) is 0 Å². The second-order valence-corrected chi connectivity index (χ2v) is 4.99. The molecule has 0 aromatic carbocycles. The van der Waals surface area contributed by atoms with Crippen LogP contribution in [0.25, 0.3) is 0 Å². The average Bonchev–Trinajstić information content (AvgIpc) is 2.26. The van der Waals surface area contributed by atoms with Gasteiger partial charge in [0.25, 0.3) is 0 Å². The van der Waals surface area contributed by atoms with Crippen LogP contribution in [0, 0.1) is 11.8 Å². The summed E-state index contributed by atoms with van der Waals surface area (Å²) in [7, 11) is 3.85. The number of nitrogens with one attached hydrogen (secondary N) is 2. The van der Waals surface area contributed by atoms with Crippen LogP contribution in [-0.4, -0.2) is 38.1 Å². The first-order chi connectivity index (χ1) is 8.58. The number of aromatic nitrogens is 1. The Morgan fingerprint density at radius 1 is 1.45 bits per heavy atom. The van der Waals surface area contributed by atoms with Crippen LogP contribution >= 0.6 is 24.8 Å². The molecule has 0 radical (unpaired) electrons. The molecular formula is C13H22Cl2N4O. The van der Waals surface area contributed by atoms with Gasteiger partial charge in [-0.3, -0.25) is 4.79 Å². The zero-order valence-electron chi connectivity index (χ0n) is 11.9. The van der Waals surface area contributed by atoms with Crippen molar-refractivity contribution in [2.75, 3.05) is 37.4 Å². The van der Waals surface area contributed by atoms with Crippen molar-refractivity contribution >= 4 is 42.2 Å². The third kappa shape index (κ3) is 4.51. The van der Waals surface area contributed by atoms with Gasteiger partial charge in [0.1, 0.15) is 5.82 Å². The van der Waals surface area contributed by atoms with Gasteiger partial charge in [-0.1, -0.05) is 6.92 Å². The number of pyridine rings is 1. The third-order valence-electron chi connectivity index (χ3n) is 3.40. The molecule has 1 aliphatic heterocycles. The number of hydrogen-bond donors (Lipinski definition) is 2. The molecule has 20 heavy (non-hydrogen) atoms. The lowest BCUT2D eigenvalue weighted by atomic mass is 9.88. The maximum absolute atomic E-state index is 12.1. The van der Waals surface area contributed by atoms with Gasteiger partial charge in [0, 0.05) is 38.0 Å². The molecule has 1 atom stereocenters. The van der Waals surface area contributed by atoms with Gasteiger partial charge in [0.15, 0.2) is 0 Å². The molecule has 2 N–H and O–H groups in total. The summed E-state index contributed by atoms with van der Waals surface area (Å²) in [6.45, 7) is 3.86.